The number of furan rings is 1. The second-order valence-corrected chi connectivity index (χ2v) is 6.97. The number of rotatable bonds is 4. The van der Waals surface area contributed by atoms with Crippen LogP contribution in [0.1, 0.15) is 34.7 Å². The highest BCUT2D eigenvalue weighted by atomic mass is 79.9. The fraction of sp³-hybridized carbons (Fsp3) is 0.471. The van der Waals surface area contributed by atoms with Crippen LogP contribution in [0.3, 0.4) is 0 Å². The molecule has 0 spiro atoms. The van der Waals surface area contributed by atoms with Gasteiger partial charge in [0.2, 0.25) is 0 Å². The van der Waals surface area contributed by atoms with Gasteiger partial charge in [-0.2, -0.15) is 0 Å². The van der Waals surface area contributed by atoms with Gasteiger partial charge in [-0.05, 0) is 54.6 Å². The van der Waals surface area contributed by atoms with Gasteiger partial charge in [-0.25, -0.2) is 9.97 Å². The Bertz CT molecular complexity index is 706. The molecule has 128 valence electrons. The van der Waals surface area contributed by atoms with Crippen molar-refractivity contribution in [3.63, 3.8) is 0 Å². The number of ether oxygens (including phenoxy) is 1. The zero-order valence-electron chi connectivity index (χ0n) is 13.8. The molecule has 0 aromatic carbocycles. The lowest BCUT2D eigenvalue weighted by atomic mass is 9.97. The summed E-state index contributed by atoms with van der Waals surface area (Å²) in [5, 5.41) is 0. The third-order valence-corrected chi connectivity index (χ3v) is 4.63. The van der Waals surface area contributed by atoms with Gasteiger partial charge in [0.05, 0.1) is 16.6 Å². The topological polar surface area (TPSA) is 68.5 Å². The first-order valence-electron chi connectivity index (χ1n) is 7.99. The lowest BCUT2D eigenvalue weighted by Gasteiger charge is -2.31. The molecule has 1 aliphatic heterocycles. The highest BCUT2D eigenvalue weighted by Crippen LogP contribution is 2.22. The van der Waals surface area contributed by atoms with Crippen molar-refractivity contribution < 1.29 is 13.9 Å². The molecule has 0 atom stereocenters. The van der Waals surface area contributed by atoms with Crippen molar-refractivity contribution in [2.45, 2.75) is 26.7 Å². The average Bonchev–Trinajstić information content (AvgIpc) is 2.92. The van der Waals surface area contributed by atoms with Gasteiger partial charge in [0.15, 0.2) is 0 Å². The van der Waals surface area contributed by atoms with Gasteiger partial charge >= 0.3 is 6.01 Å². The molecule has 1 amide bonds. The molecule has 2 aromatic rings. The number of hydrogen-bond acceptors (Lipinski definition) is 5. The van der Waals surface area contributed by atoms with Crippen LogP contribution in [-0.2, 0) is 0 Å². The van der Waals surface area contributed by atoms with Crippen LogP contribution < -0.4 is 4.74 Å². The maximum absolute atomic E-state index is 12.6. The van der Waals surface area contributed by atoms with Crippen molar-refractivity contribution >= 4 is 21.8 Å². The number of carbonyl (C=O) groups excluding carboxylic acids is 1. The van der Waals surface area contributed by atoms with E-state index in [1.807, 2.05) is 24.8 Å². The molecule has 7 heteroatoms. The summed E-state index contributed by atoms with van der Waals surface area (Å²) in [6.45, 7) is 5.74. The van der Waals surface area contributed by atoms with Gasteiger partial charge in [-0.1, -0.05) is 0 Å². The summed E-state index contributed by atoms with van der Waals surface area (Å²) < 4.78 is 11.9. The molecule has 0 N–H and O–H groups in total. The minimum atomic E-state index is 0.0555. The largest absolute Gasteiger partial charge is 0.466 e. The van der Waals surface area contributed by atoms with Crippen molar-refractivity contribution in [1.29, 1.82) is 0 Å². The van der Waals surface area contributed by atoms with Crippen molar-refractivity contribution in [2.24, 2.45) is 5.92 Å². The van der Waals surface area contributed by atoms with E-state index in [2.05, 4.69) is 25.9 Å². The van der Waals surface area contributed by atoms with Crippen molar-refractivity contribution in [2.75, 3.05) is 19.7 Å². The van der Waals surface area contributed by atoms with Crippen molar-refractivity contribution in [3.05, 3.63) is 40.0 Å². The van der Waals surface area contributed by atoms with Crippen LogP contribution in [0.4, 0.5) is 0 Å². The van der Waals surface area contributed by atoms with E-state index < -0.39 is 0 Å². The number of carbonyl (C=O) groups is 1. The number of halogens is 1. The first-order valence-corrected chi connectivity index (χ1v) is 8.79. The molecule has 24 heavy (non-hydrogen) atoms. The Kier molecular flexibility index (Phi) is 5.18. The third-order valence-electron chi connectivity index (χ3n) is 4.22. The highest BCUT2D eigenvalue weighted by Gasteiger charge is 2.26. The predicted molar refractivity (Wildman–Crippen MR) is 92.0 cm³/mol. The normalized spacial score (nSPS) is 15.5. The van der Waals surface area contributed by atoms with Gasteiger partial charge in [-0.15, -0.1) is 0 Å². The fourth-order valence-corrected chi connectivity index (χ4v) is 3.09. The first-order chi connectivity index (χ1) is 11.5. The quantitative estimate of drug-likeness (QED) is 0.796. The Morgan fingerprint density at radius 3 is 2.58 bits per heavy atom. The maximum Gasteiger partial charge on any atom is 0.316 e. The second kappa shape index (κ2) is 7.34. The first kappa shape index (κ1) is 17.0. The number of hydrogen-bond donors (Lipinski definition) is 0. The summed E-state index contributed by atoms with van der Waals surface area (Å²) in [7, 11) is 0. The van der Waals surface area contributed by atoms with Crippen LogP contribution in [0.25, 0.3) is 0 Å². The molecule has 1 fully saturated rings. The number of aromatic nitrogens is 2. The van der Waals surface area contributed by atoms with Gasteiger partial charge in [0.1, 0.15) is 11.5 Å². The van der Waals surface area contributed by atoms with E-state index in [-0.39, 0.29) is 5.91 Å². The van der Waals surface area contributed by atoms with Crippen molar-refractivity contribution in [1.82, 2.24) is 14.9 Å². The summed E-state index contributed by atoms with van der Waals surface area (Å²) in [6, 6.07) is 2.21. The number of likely N-dealkylation sites (tertiary alicyclic amines) is 1. The SMILES string of the molecule is Cc1cc(C(=O)N2CCC(COc3ncc(Br)cn3)CC2)c(C)o1. The van der Waals surface area contributed by atoms with E-state index in [1.54, 1.807) is 12.4 Å². The van der Waals surface area contributed by atoms with E-state index in [0.29, 0.717) is 29.9 Å². The molecule has 0 bridgehead atoms. The predicted octanol–water partition coefficient (Wildman–Crippen LogP) is 3.38. The van der Waals surface area contributed by atoms with Gasteiger partial charge in [-0.3, -0.25) is 4.79 Å². The molecule has 0 unspecified atom stereocenters. The number of amides is 1. The maximum atomic E-state index is 12.6. The zero-order valence-corrected chi connectivity index (χ0v) is 15.4. The minimum Gasteiger partial charge on any atom is -0.466 e. The molecule has 3 rings (SSSR count). The van der Waals surface area contributed by atoms with Crippen LogP contribution in [-0.4, -0.2) is 40.5 Å². The van der Waals surface area contributed by atoms with Crippen LogP contribution in [0.2, 0.25) is 0 Å². The molecule has 0 aliphatic carbocycles. The van der Waals surface area contributed by atoms with Crippen molar-refractivity contribution in [3.8, 4) is 6.01 Å². The molecule has 2 aromatic heterocycles. The summed E-state index contributed by atoms with van der Waals surface area (Å²) in [6.07, 6.45) is 5.16. The Morgan fingerprint density at radius 2 is 2.00 bits per heavy atom. The van der Waals surface area contributed by atoms with E-state index in [1.165, 1.54) is 0 Å². The number of piperidine rings is 1. The molecule has 3 heterocycles. The molecule has 0 radical (unpaired) electrons. The average molecular weight is 394 g/mol. The van der Waals surface area contributed by atoms with Crippen LogP contribution in [0.5, 0.6) is 6.01 Å². The van der Waals surface area contributed by atoms with E-state index in [9.17, 15) is 4.79 Å². The van der Waals surface area contributed by atoms with E-state index in [4.69, 9.17) is 9.15 Å². The second-order valence-electron chi connectivity index (χ2n) is 6.06. The molecule has 6 nitrogen and oxygen atoms in total. The van der Waals surface area contributed by atoms with Gasteiger partial charge in [0.25, 0.3) is 5.91 Å². The van der Waals surface area contributed by atoms with E-state index >= 15 is 0 Å². The summed E-state index contributed by atoms with van der Waals surface area (Å²) >= 11 is 3.29. The Morgan fingerprint density at radius 1 is 1.33 bits per heavy atom. The standard InChI is InChI=1S/C17H20BrN3O3/c1-11-7-15(12(2)24-11)16(22)21-5-3-13(4-6-21)10-23-17-19-8-14(18)9-20-17/h7-9,13H,3-6,10H2,1-2H3. The van der Waals surface area contributed by atoms with Crippen LogP contribution >= 0.6 is 15.9 Å². The van der Waals surface area contributed by atoms with Crippen LogP contribution in [0.15, 0.2) is 27.3 Å². The van der Waals surface area contributed by atoms with E-state index in [0.717, 1.165) is 36.2 Å². The summed E-state index contributed by atoms with van der Waals surface area (Å²) in [5.41, 5.74) is 0.672. The zero-order chi connectivity index (χ0) is 17.1. The molecule has 1 saturated heterocycles. The summed E-state index contributed by atoms with van der Waals surface area (Å²) in [4.78, 5) is 22.7. The fourth-order valence-electron chi connectivity index (χ4n) is 2.88. The van der Waals surface area contributed by atoms with Crippen LogP contribution in [0, 0.1) is 19.8 Å². The molecular formula is C17H20BrN3O3. The third kappa shape index (κ3) is 3.95. The Hall–Kier alpha value is -1.89. The Labute approximate surface area is 149 Å². The number of aryl methyl sites for hydroxylation is 2. The van der Waals surface area contributed by atoms with Gasteiger partial charge < -0.3 is 14.1 Å². The summed E-state index contributed by atoms with van der Waals surface area (Å²) in [5.74, 6) is 1.93. The molecule has 0 saturated carbocycles. The smallest absolute Gasteiger partial charge is 0.316 e. The Balaban J connectivity index is 1.49. The lowest BCUT2D eigenvalue weighted by molar-refractivity contribution is 0.0655. The highest BCUT2D eigenvalue weighted by molar-refractivity contribution is 9.10. The lowest BCUT2D eigenvalue weighted by Crippen LogP contribution is -2.39. The molecular weight excluding hydrogens is 374 g/mol. The van der Waals surface area contributed by atoms with Gasteiger partial charge in [0, 0.05) is 25.5 Å². The number of nitrogens with zero attached hydrogens (tertiary/aromatic N) is 3. The monoisotopic (exact) mass is 393 g/mol. The molecule has 1 aliphatic rings. The minimum absolute atomic E-state index is 0.0555.